The van der Waals surface area contributed by atoms with Gasteiger partial charge in [-0.3, -0.25) is 4.79 Å². The van der Waals surface area contributed by atoms with Crippen molar-refractivity contribution >= 4 is 10.8 Å². The Morgan fingerprint density at radius 3 is 3.10 bits per heavy atom. The molecule has 0 amide bonds. The quantitative estimate of drug-likeness (QED) is 0.855. The lowest BCUT2D eigenvalue weighted by Gasteiger charge is -2.22. The molecular weight excluding hydrogens is 256 g/mol. The number of ether oxygens (including phenoxy) is 2. The SMILES string of the molecule is O=c1c2ccccc2cnn1CCOC1CCCCO1. The molecule has 0 saturated carbocycles. The monoisotopic (exact) mass is 274 g/mol. The van der Waals surface area contributed by atoms with E-state index in [1.165, 1.54) is 4.68 Å². The zero-order valence-electron chi connectivity index (χ0n) is 11.3. The first kappa shape index (κ1) is 13.3. The van der Waals surface area contributed by atoms with Crippen LogP contribution in [-0.2, 0) is 16.0 Å². The maximum atomic E-state index is 12.2. The zero-order valence-corrected chi connectivity index (χ0v) is 11.3. The Hall–Kier alpha value is -1.72. The Balaban J connectivity index is 1.65. The molecule has 1 unspecified atom stereocenters. The van der Waals surface area contributed by atoms with Crippen molar-refractivity contribution in [3.8, 4) is 0 Å². The summed E-state index contributed by atoms with van der Waals surface area (Å²) in [6.45, 7) is 1.65. The van der Waals surface area contributed by atoms with Crippen LogP contribution in [0.3, 0.4) is 0 Å². The van der Waals surface area contributed by atoms with Crippen LogP contribution in [0.4, 0.5) is 0 Å². The summed E-state index contributed by atoms with van der Waals surface area (Å²) in [5, 5.41) is 5.73. The first-order valence-corrected chi connectivity index (χ1v) is 7.03. The van der Waals surface area contributed by atoms with Crippen LogP contribution in [0.15, 0.2) is 35.3 Å². The number of benzene rings is 1. The van der Waals surface area contributed by atoms with Gasteiger partial charge in [-0.05, 0) is 25.3 Å². The van der Waals surface area contributed by atoms with E-state index in [4.69, 9.17) is 9.47 Å². The molecule has 20 heavy (non-hydrogen) atoms. The molecule has 1 saturated heterocycles. The fourth-order valence-electron chi connectivity index (χ4n) is 2.40. The van der Waals surface area contributed by atoms with Gasteiger partial charge in [-0.15, -0.1) is 0 Å². The fourth-order valence-corrected chi connectivity index (χ4v) is 2.40. The molecular formula is C15H18N2O3. The predicted molar refractivity (Wildman–Crippen MR) is 75.5 cm³/mol. The zero-order chi connectivity index (χ0) is 13.8. The van der Waals surface area contributed by atoms with E-state index in [0.29, 0.717) is 18.5 Å². The Morgan fingerprint density at radius 2 is 2.25 bits per heavy atom. The fraction of sp³-hybridized carbons (Fsp3) is 0.467. The van der Waals surface area contributed by atoms with Crippen molar-refractivity contribution in [2.75, 3.05) is 13.2 Å². The second kappa shape index (κ2) is 6.15. The third-order valence-corrected chi connectivity index (χ3v) is 3.51. The predicted octanol–water partition coefficient (Wildman–Crippen LogP) is 1.94. The molecule has 1 aromatic heterocycles. The van der Waals surface area contributed by atoms with E-state index in [0.717, 1.165) is 31.3 Å². The first-order valence-electron chi connectivity index (χ1n) is 7.03. The summed E-state index contributed by atoms with van der Waals surface area (Å²) in [6.07, 6.45) is 4.76. The molecule has 2 heterocycles. The summed E-state index contributed by atoms with van der Waals surface area (Å²) < 4.78 is 12.6. The molecule has 3 rings (SSSR count). The van der Waals surface area contributed by atoms with Crippen molar-refractivity contribution in [2.45, 2.75) is 32.1 Å². The summed E-state index contributed by atoms with van der Waals surface area (Å²) in [5.74, 6) is 0. The number of fused-ring (bicyclic) bond motifs is 1. The summed E-state index contributed by atoms with van der Waals surface area (Å²) in [4.78, 5) is 12.2. The van der Waals surface area contributed by atoms with E-state index in [2.05, 4.69) is 5.10 Å². The van der Waals surface area contributed by atoms with Gasteiger partial charge in [-0.25, -0.2) is 4.68 Å². The standard InChI is InChI=1S/C15H18N2O3/c18-15-13-6-2-1-5-12(13)11-16-17(15)8-10-20-14-7-3-4-9-19-14/h1-2,5-6,11,14H,3-4,7-10H2. The molecule has 106 valence electrons. The largest absolute Gasteiger partial charge is 0.353 e. The van der Waals surface area contributed by atoms with Gasteiger partial charge in [0.2, 0.25) is 0 Å². The van der Waals surface area contributed by atoms with Gasteiger partial charge in [0.25, 0.3) is 5.56 Å². The Morgan fingerprint density at radius 1 is 1.35 bits per heavy atom. The first-order chi connectivity index (χ1) is 9.84. The van der Waals surface area contributed by atoms with Gasteiger partial charge in [-0.1, -0.05) is 18.2 Å². The van der Waals surface area contributed by atoms with Gasteiger partial charge in [0.05, 0.1) is 24.7 Å². The maximum absolute atomic E-state index is 12.2. The van der Waals surface area contributed by atoms with Crippen LogP contribution in [-0.4, -0.2) is 29.3 Å². The van der Waals surface area contributed by atoms with E-state index in [1.807, 2.05) is 24.3 Å². The van der Waals surface area contributed by atoms with E-state index in [1.54, 1.807) is 6.20 Å². The number of nitrogens with zero attached hydrogens (tertiary/aromatic N) is 2. The summed E-state index contributed by atoms with van der Waals surface area (Å²) >= 11 is 0. The molecule has 5 nitrogen and oxygen atoms in total. The van der Waals surface area contributed by atoms with E-state index >= 15 is 0 Å². The molecule has 0 bridgehead atoms. The van der Waals surface area contributed by atoms with Crippen molar-refractivity contribution in [3.63, 3.8) is 0 Å². The molecule has 2 aromatic rings. The molecule has 0 aliphatic carbocycles. The van der Waals surface area contributed by atoms with E-state index in [9.17, 15) is 4.79 Å². The third-order valence-electron chi connectivity index (χ3n) is 3.51. The van der Waals surface area contributed by atoms with Crippen molar-refractivity contribution in [3.05, 3.63) is 40.8 Å². The third kappa shape index (κ3) is 2.89. The highest BCUT2D eigenvalue weighted by molar-refractivity contribution is 5.80. The second-order valence-corrected chi connectivity index (χ2v) is 4.93. The average molecular weight is 274 g/mol. The van der Waals surface area contributed by atoms with Gasteiger partial charge < -0.3 is 9.47 Å². The molecule has 0 spiro atoms. The maximum Gasteiger partial charge on any atom is 0.274 e. The smallest absolute Gasteiger partial charge is 0.274 e. The number of hydrogen-bond acceptors (Lipinski definition) is 4. The van der Waals surface area contributed by atoms with Crippen molar-refractivity contribution < 1.29 is 9.47 Å². The van der Waals surface area contributed by atoms with Crippen LogP contribution in [0.2, 0.25) is 0 Å². The lowest BCUT2D eigenvalue weighted by Crippen LogP contribution is -2.28. The van der Waals surface area contributed by atoms with Gasteiger partial charge in [0.15, 0.2) is 6.29 Å². The lowest BCUT2D eigenvalue weighted by atomic mass is 10.2. The van der Waals surface area contributed by atoms with E-state index < -0.39 is 0 Å². The Kier molecular flexibility index (Phi) is 4.08. The highest BCUT2D eigenvalue weighted by Gasteiger charge is 2.13. The van der Waals surface area contributed by atoms with Crippen molar-refractivity contribution in [1.82, 2.24) is 9.78 Å². The molecule has 1 atom stereocenters. The molecule has 0 N–H and O–H groups in total. The van der Waals surface area contributed by atoms with Crippen molar-refractivity contribution in [1.29, 1.82) is 0 Å². The van der Waals surface area contributed by atoms with E-state index in [-0.39, 0.29) is 11.8 Å². The average Bonchev–Trinajstić information content (AvgIpc) is 2.51. The highest BCUT2D eigenvalue weighted by atomic mass is 16.7. The minimum absolute atomic E-state index is 0.0729. The highest BCUT2D eigenvalue weighted by Crippen LogP contribution is 2.13. The van der Waals surface area contributed by atoms with Crippen molar-refractivity contribution in [2.24, 2.45) is 0 Å². The topological polar surface area (TPSA) is 53.4 Å². The van der Waals surface area contributed by atoms with Gasteiger partial charge in [0.1, 0.15) is 0 Å². The molecule has 0 radical (unpaired) electrons. The van der Waals surface area contributed by atoms with Crippen LogP contribution in [0, 0.1) is 0 Å². The molecule has 5 heteroatoms. The number of hydrogen-bond donors (Lipinski definition) is 0. The summed E-state index contributed by atoms with van der Waals surface area (Å²) in [6, 6.07) is 7.47. The number of aromatic nitrogens is 2. The molecule has 1 aliphatic rings. The Bertz CT molecular complexity index is 632. The molecule has 1 fully saturated rings. The molecule has 1 aromatic carbocycles. The van der Waals surface area contributed by atoms with Crippen LogP contribution >= 0.6 is 0 Å². The summed E-state index contributed by atoms with van der Waals surface area (Å²) in [5.41, 5.74) is -0.0729. The minimum atomic E-state index is -0.125. The van der Waals surface area contributed by atoms with Gasteiger partial charge in [-0.2, -0.15) is 5.10 Å². The second-order valence-electron chi connectivity index (χ2n) is 4.93. The normalized spacial score (nSPS) is 19.3. The minimum Gasteiger partial charge on any atom is -0.353 e. The van der Waals surface area contributed by atoms with Crippen LogP contribution in [0.1, 0.15) is 19.3 Å². The number of rotatable bonds is 4. The summed E-state index contributed by atoms with van der Waals surface area (Å²) in [7, 11) is 0. The molecule has 1 aliphatic heterocycles. The van der Waals surface area contributed by atoms with Crippen LogP contribution in [0.25, 0.3) is 10.8 Å². The Labute approximate surface area is 117 Å². The van der Waals surface area contributed by atoms with Crippen LogP contribution in [0.5, 0.6) is 0 Å². The van der Waals surface area contributed by atoms with Gasteiger partial charge in [0, 0.05) is 12.0 Å². The van der Waals surface area contributed by atoms with Gasteiger partial charge >= 0.3 is 0 Å². The lowest BCUT2D eigenvalue weighted by molar-refractivity contribution is -0.163. The van der Waals surface area contributed by atoms with Crippen LogP contribution < -0.4 is 5.56 Å².